The van der Waals surface area contributed by atoms with Crippen molar-refractivity contribution >= 4 is 27.6 Å². The van der Waals surface area contributed by atoms with Crippen molar-refractivity contribution < 1.29 is 13.2 Å². The summed E-state index contributed by atoms with van der Waals surface area (Å²) in [4.78, 5) is 18.7. The Bertz CT molecular complexity index is 1080. The Morgan fingerprint density at radius 1 is 1.17 bits per heavy atom. The average Bonchev–Trinajstić information content (AvgIpc) is 3.16. The van der Waals surface area contributed by atoms with E-state index in [9.17, 15) is 13.2 Å². The van der Waals surface area contributed by atoms with Gasteiger partial charge in [-0.2, -0.15) is 0 Å². The maximum atomic E-state index is 13.8. The van der Waals surface area contributed by atoms with Crippen molar-refractivity contribution in [1.29, 1.82) is 0 Å². The Labute approximate surface area is 177 Å². The monoisotopic (exact) mass is 426 g/mol. The smallest absolute Gasteiger partial charge is 0.267 e. The molecule has 2 aliphatic heterocycles. The second kappa shape index (κ2) is 8.10. The summed E-state index contributed by atoms with van der Waals surface area (Å²) < 4.78 is 28.8. The van der Waals surface area contributed by atoms with Gasteiger partial charge in [0.2, 0.25) is 11.9 Å². The summed E-state index contributed by atoms with van der Waals surface area (Å²) in [6, 6.07) is 14.0. The molecule has 158 valence electrons. The number of carbonyl (C=O) groups excluding carboxylic acids is 1. The van der Waals surface area contributed by atoms with E-state index in [0.717, 1.165) is 18.4 Å². The average molecular weight is 427 g/mol. The zero-order chi connectivity index (χ0) is 21.3. The van der Waals surface area contributed by atoms with Gasteiger partial charge >= 0.3 is 0 Å². The van der Waals surface area contributed by atoms with E-state index in [1.165, 1.54) is 4.31 Å². The molecule has 2 aromatic carbocycles. The Morgan fingerprint density at radius 3 is 2.67 bits per heavy atom. The van der Waals surface area contributed by atoms with Gasteiger partial charge < -0.3 is 10.6 Å². The van der Waals surface area contributed by atoms with Gasteiger partial charge in [-0.1, -0.05) is 43.3 Å². The maximum absolute atomic E-state index is 13.8. The van der Waals surface area contributed by atoms with Crippen LogP contribution in [0, 0.1) is 0 Å². The van der Waals surface area contributed by atoms with Crippen LogP contribution in [-0.4, -0.2) is 37.7 Å². The van der Waals surface area contributed by atoms with Crippen LogP contribution < -0.4 is 10.6 Å². The van der Waals surface area contributed by atoms with Crippen LogP contribution in [0.2, 0.25) is 0 Å². The van der Waals surface area contributed by atoms with E-state index in [-0.39, 0.29) is 23.3 Å². The van der Waals surface area contributed by atoms with Crippen LogP contribution in [0.5, 0.6) is 0 Å². The summed E-state index contributed by atoms with van der Waals surface area (Å²) >= 11 is 0. The van der Waals surface area contributed by atoms with Gasteiger partial charge in [0.1, 0.15) is 0 Å². The second-order valence-electron chi connectivity index (χ2n) is 7.58. The normalized spacial score (nSPS) is 18.8. The molecule has 30 heavy (non-hydrogen) atoms. The molecule has 1 unspecified atom stereocenters. The number of sulfonamides is 1. The molecule has 1 amide bonds. The molecule has 2 aliphatic rings. The zero-order valence-electron chi connectivity index (χ0n) is 17.0. The molecule has 0 bridgehead atoms. The highest BCUT2D eigenvalue weighted by atomic mass is 32.2. The summed E-state index contributed by atoms with van der Waals surface area (Å²) in [7, 11) is -3.95. The van der Waals surface area contributed by atoms with Crippen molar-refractivity contribution in [3.05, 3.63) is 59.7 Å². The quantitative estimate of drug-likeness (QED) is 0.795. The van der Waals surface area contributed by atoms with Crippen molar-refractivity contribution in [2.75, 3.05) is 18.0 Å². The zero-order valence-corrected chi connectivity index (χ0v) is 17.8. The summed E-state index contributed by atoms with van der Waals surface area (Å²) in [5.41, 5.74) is 8.26. The molecule has 0 saturated carbocycles. The predicted molar refractivity (Wildman–Crippen MR) is 117 cm³/mol. The van der Waals surface area contributed by atoms with Crippen LogP contribution in [-0.2, 0) is 21.2 Å². The third-order valence-corrected chi connectivity index (χ3v) is 7.53. The van der Waals surface area contributed by atoms with Crippen LogP contribution in [0.1, 0.15) is 43.4 Å². The number of nitrogens with zero attached hydrogens (tertiary/aromatic N) is 3. The Hall–Kier alpha value is -2.87. The number of guanidine groups is 1. The first-order valence-electron chi connectivity index (χ1n) is 10.3. The number of nitrogens with two attached hydrogens (primary N) is 1. The number of aliphatic imine (C=N–C) groups is 1. The van der Waals surface area contributed by atoms with Crippen LogP contribution in [0.25, 0.3) is 0 Å². The lowest BCUT2D eigenvalue weighted by atomic mass is 10.0. The van der Waals surface area contributed by atoms with E-state index in [2.05, 4.69) is 4.99 Å². The van der Waals surface area contributed by atoms with Crippen molar-refractivity contribution in [1.82, 2.24) is 4.31 Å². The van der Waals surface area contributed by atoms with Crippen molar-refractivity contribution in [2.24, 2.45) is 10.7 Å². The fraction of sp³-hybridized carbons (Fsp3) is 0.364. The second-order valence-corrected chi connectivity index (χ2v) is 9.36. The van der Waals surface area contributed by atoms with Gasteiger partial charge in [-0.15, -0.1) is 0 Å². The van der Waals surface area contributed by atoms with Gasteiger partial charge in [-0.05, 0) is 42.5 Å². The molecule has 0 saturated heterocycles. The largest absolute Gasteiger partial charge is 0.369 e. The van der Waals surface area contributed by atoms with Gasteiger partial charge in [-0.25, -0.2) is 17.7 Å². The van der Waals surface area contributed by atoms with Crippen molar-refractivity contribution in [3.8, 4) is 0 Å². The van der Waals surface area contributed by atoms with Crippen LogP contribution in [0.15, 0.2) is 58.4 Å². The van der Waals surface area contributed by atoms with Gasteiger partial charge in [0.25, 0.3) is 10.0 Å². The highest BCUT2D eigenvalue weighted by molar-refractivity contribution is 7.89. The number of hydrogen-bond acceptors (Lipinski definition) is 5. The summed E-state index contributed by atoms with van der Waals surface area (Å²) in [6.07, 6.45) is 2.52. The molecule has 8 heteroatoms. The summed E-state index contributed by atoms with van der Waals surface area (Å²) in [5.74, 6) is 0.0218. The van der Waals surface area contributed by atoms with Gasteiger partial charge in [-0.3, -0.25) is 4.79 Å². The van der Waals surface area contributed by atoms with E-state index in [1.807, 2.05) is 43.3 Å². The molecular weight excluding hydrogens is 400 g/mol. The minimum atomic E-state index is -3.95. The lowest BCUT2D eigenvalue weighted by molar-refractivity contribution is -0.118. The van der Waals surface area contributed by atoms with Gasteiger partial charge in [0, 0.05) is 18.7 Å². The number of benzene rings is 2. The molecule has 0 aromatic heterocycles. The number of hydrogen-bond donors (Lipinski definition) is 1. The third-order valence-electron chi connectivity index (χ3n) is 5.63. The Kier molecular flexibility index (Phi) is 5.51. The Morgan fingerprint density at radius 2 is 1.93 bits per heavy atom. The molecule has 0 radical (unpaired) electrons. The third kappa shape index (κ3) is 3.45. The standard InChI is InChI=1S/C22H26N4O3S/c1-2-8-21(27)25-14-7-11-17-18(25)12-6-13-20(17)30(28,29)26-19(15-24-22(26)23)16-9-4-3-5-10-16/h3-6,9-10,12-13,19H,2,7-8,11,14-15H2,1H3,(H2,23,24). The van der Waals surface area contributed by atoms with Crippen LogP contribution in [0.3, 0.4) is 0 Å². The molecular formula is C22H26N4O3S. The molecule has 4 rings (SSSR count). The fourth-order valence-corrected chi connectivity index (χ4v) is 6.05. The van der Waals surface area contributed by atoms with E-state index in [1.54, 1.807) is 17.0 Å². The van der Waals surface area contributed by atoms with Crippen molar-refractivity contribution in [3.63, 3.8) is 0 Å². The number of rotatable bonds is 5. The number of fused-ring (bicyclic) bond motifs is 1. The summed E-state index contributed by atoms with van der Waals surface area (Å²) in [5, 5.41) is 0. The Balaban J connectivity index is 1.77. The van der Waals surface area contributed by atoms with Gasteiger partial charge in [0.15, 0.2) is 0 Å². The highest BCUT2D eigenvalue weighted by Crippen LogP contribution is 2.37. The van der Waals surface area contributed by atoms with Crippen LogP contribution >= 0.6 is 0 Å². The summed E-state index contributed by atoms with van der Waals surface area (Å²) in [6.45, 7) is 2.85. The van der Waals surface area contributed by atoms with Crippen molar-refractivity contribution in [2.45, 2.75) is 43.5 Å². The lowest BCUT2D eigenvalue weighted by Crippen LogP contribution is -2.42. The van der Waals surface area contributed by atoms with E-state index in [0.29, 0.717) is 30.6 Å². The molecule has 0 fully saturated rings. The van der Waals surface area contributed by atoms with Gasteiger partial charge in [0.05, 0.1) is 17.5 Å². The SMILES string of the molecule is CCCC(=O)N1CCCc2c1cccc2S(=O)(=O)N1C(N)=NCC1c1ccccc1. The maximum Gasteiger partial charge on any atom is 0.267 e. The topological polar surface area (TPSA) is 96.1 Å². The minimum absolute atomic E-state index is 0.00354. The predicted octanol–water partition coefficient (Wildman–Crippen LogP) is 2.83. The molecule has 1 atom stereocenters. The molecule has 2 N–H and O–H groups in total. The number of amides is 1. The minimum Gasteiger partial charge on any atom is -0.369 e. The molecule has 2 heterocycles. The first kappa shape index (κ1) is 20.4. The molecule has 0 aliphatic carbocycles. The fourth-order valence-electron chi connectivity index (χ4n) is 4.24. The van der Waals surface area contributed by atoms with E-state index < -0.39 is 16.1 Å². The number of carbonyl (C=O) groups is 1. The highest BCUT2D eigenvalue weighted by Gasteiger charge is 2.40. The molecule has 7 nitrogen and oxygen atoms in total. The van der Waals surface area contributed by atoms with Crippen LogP contribution in [0.4, 0.5) is 5.69 Å². The number of anilines is 1. The molecule has 0 spiro atoms. The van der Waals surface area contributed by atoms with E-state index >= 15 is 0 Å². The van der Waals surface area contributed by atoms with E-state index in [4.69, 9.17) is 5.73 Å². The molecule has 2 aromatic rings. The first-order valence-corrected chi connectivity index (χ1v) is 11.7. The first-order chi connectivity index (χ1) is 14.4. The lowest BCUT2D eigenvalue weighted by Gasteiger charge is -2.32.